The zero-order valence-electron chi connectivity index (χ0n) is 40.2. The van der Waals surface area contributed by atoms with Gasteiger partial charge in [0.2, 0.25) is 29.5 Å². The van der Waals surface area contributed by atoms with E-state index in [1.165, 1.54) is 0 Å². The van der Waals surface area contributed by atoms with E-state index in [-0.39, 0.29) is 74.6 Å². The lowest BCUT2D eigenvalue weighted by molar-refractivity contribution is -0.135. The van der Waals surface area contributed by atoms with Crippen LogP contribution in [0.15, 0.2) is 0 Å². The number of nitrogens with one attached hydrogen (secondary N) is 6. The minimum absolute atomic E-state index is 0.0185. The standard InChI is InChI=1S/C44H87N9O12/c1-33(2)40(44(59)52-36(13-10-18-48-5)41(56)34(3)4)53-43(58)37(12-7-9-17-46)51-39(55)15-22-61-26-30-65-31-27-62-23-19-49-38(54)14-21-60-25-29-64-32-28-63-24-20-50-42(57)35(47)11-6-8-16-45/h33-37,40,48H,6-32,45-47H2,1-5H3,(H,49,54)(H,50,57)(H,51,55)(H,52,59)(H,53,58). The van der Waals surface area contributed by atoms with Crippen LogP contribution in [0.3, 0.4) is 0 Å². The fourth-order valence-corrected chi connectivity index (χ4v) is 6.03. The van der Waals surface area contributed by atoms with Crippen LogP contribution >= 0.6 is 0 Å². The highest BCUT2D eigenvalue weighted by atomic mass is 16.5. The molecule has 0 aromatic heterocycles. The molecule has 0 rings (SSSR count). The maximum absolute atomic E-state index is 13.5. The largest absolute Gasteiger partial charge is 0.379 e. The summed E-state index contributed by atoms with van der Waals surface area (Å²) in [5, 5.41) is 17.0. The molecule has 0 radical (unpaired) electrons. The van der Waals surface area contributed by atoms with E-state index >= 15 is 0 Å². The lowest BCUT2D eigenvalue weighted by atomic mass is 9.96. The van der Waals surface area contributed by atoms with Crippen molar-refractivity contribution in [3.8, 4) is 0 Å². The fourth-order valence-electron chi connectivity index (χ4n) is 6.03. The maximum Gasteiger partial charge on any atom is 0.243 e. The van der Waals surface area contributed by atoms with Gasteiger partial charge < -0.3 is 77.5 Å². The molecule has 0 aliphatic rings. The molecule has 0 fully saturated rings. The van der Waals surface area contributed by atoms with Crippen LogP contribution in [0.5, 0.6) is 0 Å². The number of nitrogens with two attached hydrogens (primary N) is 3. The van der Waals surface area contributed by atoms with Crippen LogP contribution in [0.1, 0.15) is 91.9 Å². The van der Waals surface area contributed by atoms with Gasteiger partial charge in [-0.3, -0.25) is 28.8 Å². The van der Waals surface area contributed by atoms with Crippen LogP contribution in [0.25, 0.3) is 0 Å². The molecule has 0 heterocycles. The Morgan fingerprint density at radius 3 is 1.46 bits per heavy atom. The zero-order valence-corrected chi connectivity index (χ0v) is 40.2. The first-order valence-corrected chi connectivity index (χ1v) is 23.5. The predicted molar refractivity (Wildman–Crippen MR) is 248 cm³/mol. The lowest BCUT2D eigenvalue weighted by Gasteiger charge is -2.28. The molecule has 65 heavy (non-hydrogen) atoms. The second-order valence-corrected chi connectivity index (χ2v) is 16.2. The summed E-state index contributed by atoms with van der Waals surface area (Å²) < 4.78 is 32.8. The van der Waals surface area contributed by atoms with Crippen molar-refractivity contribution >= 4 is 35.3 Å². The quantitative estimate of drug-likeness (QED) is 0.0332. The van der Waals surface area contributed by atoms with Crippen molar-refractivity contribution in [2.24, 2.45) is 29.0 Å². The first-order chi connectivity index (χ1) is 31.3. The molecule has 0 aromatic rings. The summed E-state index contributed by atoms with van der Waals surface area (Å²) in [6, 6.07) is -2.99. The number of hydrogen-bond acceptors (Lipinski definition) is 16. The fraction of sp³-hybridized carbons (Fsp3) is 0.864. The van der Waals surface area contributed by atoms with Crippen molar-refractivity contribution in [1.29, 1.82) is 0 Å². The number of carbonyl (C=O) groups is 6. The molecule has 380 valence electrons. The van der Waals surface area contributed by atoms with Crippen molar-refractivity contribution in [2.75, 3.05) is 119 Å². The molecule has 0 aromatic carbocycles. The Morgan fingerprint density at radius 2 is 0.954 bits per heavy atom. The van der Waals surface area contributed by atoms with Crippen LogP contribution in [0.2, 0.25) is 0 Å². The Hall–Kier alpha value is -3.38. The highest BCUT2D eigenvalue weighted by Gasteiger charge is 2.31. The molecule has 0 saturated heterocycles. The zero-order chi connectivity index (χ0) is 48.5. The number of carbonyl (C=O) groups excluding carboxylic acids is 6. The van der Waals surface area contributed by atoms with Gasteiger partial charge in [-0.15, -0.1) is 0 Å². The number of amides is 5. The number of Topliss-reactive ketones (excluding diaryl/α,β-unsaturated/α-hetero) is 1. The Balaban J connectivity index is 4.14. The monoisotopic (exact) mass is 934 g/mol. The first kappa shape index (κ1) is 61.6. The van der Waals surface area contributed by atoms with Crippen LogP contribution < -0.4 is 49.1 Å². The van der Waals surface area contributed by atoms with Gasteiger partial charge in [0.15, 0.2) is 5.78 Å². The highest BCUT2D eigenvalue weighted by Crippen LogP contribution is 2.10. The van der Waals surface area contributed by atoms with Gasteiger partial charge in [0, 0.05) is 31.8 Å². The van der Waals surface area contributed by atoms with E-state index < -0.39 is 36.0 Å². The average Bonchev–Trinajstić information content (AvgIpc) is 3.27. The molecule has 21 nitrogen and oxygen atoms in total. The van der Waals surface area contributed by atoms with E-state index in [9.17, 15) is 28.8 Å². The summed E-state index contributed by atoms with van der Waals surface area (Å²) in [6.45, 7) is 13.4. The molecule has 0 spiro atoms. The molecule has 4 atom stereocenters. The number of rotatable bonds is 45. The van der Waals surface area contributed by atoms with E-state index in [2.05, 4.69) is 31.9 Å². The molecule has 21 heteroatoms. The summed E-state index contributed by atoms with van der Waals surface area (Å²) in [7, 11) is 1.82. The number of ether oxygens (including phenoxy) is 6. The normalized spacial score (nSPS) is 13.3. The number of hydrogen-bond donors (Lipinski definition) is 9. The van der Waals surface area contributed by atoms with Crippen molar-refractivity contribution in [3.63, 3.8) is 0 Å². The summed E-state index contributed by atoms with van der Waals surface area (Å²) in [5.74, 6) is -2.26. The SMILES string of the molecule is CNCCCC(NC(=O)C(NC(=O)C(CCCCN)NC(=O)CCOCCOCCOCCNC(=O)CCOCCOCCOCCNC(=O)C(N)CCCCN)C(C)C)C(=O)C(C)C. The minimum Gasteiger partial charge on any atom is -0.379 e. The van der Waals surface area contributed by atoms with Gasteiger partial charge in [0.05, 0.1) is 91.4 Å². The maximum atomic E-state index is 13.5. The third-order valence-corrected chi connectivity index (χ3v) is 9.85. The molecule has 5 amide bonds. The highest BCUT2D eigenvalue weighted by molar-refractivity contribution is 5.95. The lowest BCUT2D eigenvalue weighted by Crippen LogP contribution is -2.57. The summed E-state index contributed by atoms with van der Waals surface area (Å²) in [4.78, 5) is 76.5. The van der Waals surface area contributed by atoms with E-state index in [0.717, 1.165) is 12.8 Å². The van der Waals surface area contributed by atoms with Crippen molar-refractivity contribution in [1.82, 2.24) is 31.9 Å². The topological polar surface area (TPSA) is 308 Å². The Labute approximate surface area is 387 Å². The van der Waals surface area contributed by atoms with Gasteiger partial charge in [-0.1, -0.05) is 34.1 Å². The minimum atomic E-state index is -0.908. The van der Waals surface area contributed by atoms with Gasteiger partial charge >= 0.3 is 0 Å². The van der Waals surface area contributed by atoms with Gasteiger partial charge in [-0.25, -0.2) is 0 Å². The van der Waals surface area contributed by atoms with Gasteiger partial charge in [0.25, 0.3) is 0 Å². The second kappa shape index (κ2) is 42.0. The van der Waals surface area contributed by atoms with Crippen LogP contribution in [-0.4, -0.2) is 179 Å². The molecule has 4 unspecified atom stereocenters. The molecule has 0 bridgehead atoms. The predicted octanol–water partition coefficient (Wildman–Crippen LogP) is -0.981. The Morgan fingerprint density at radius 1 is 0.477 bits per heavy atom. The molecule has 0 aliphatic carbocycles. The first-order valence-electron chi connectivity index (χ1n) is 23.5. The number of ketones is 1. The van der Waals surface area contributed by atoms with Crippen LogP contribution in [-0.2, 0) is 57.2 Å². The van der Waals surface area contributed by atoms with Crippen molar-refractivity contribution < 1.29 is 57.2 Å². The van der Waals surface area contributed by atoms with E-state index in [1.807, 2.05) is 20.9 Å². The third kappa shape index (κ3) is 34.6. The molecule has 12 N–H and O–H groups in total. The molecular weight excluding hydrogens is 847 g/mol. The Kier molecular flexibility index (Phi) is 39.8. The summed E-state index contributed by atoms with van der Waals surface area (Å²) >= 11 is 0. The van der Waals surface area contributed by atoms with E-state index in [0.29, 0.717) is 124 Å². The van der Waals surface area contributed by atoms with E-state index in [1.54, 1.807) is 13.8 Å². The number of unbranched alkanes of at least 4 members (excludes halogenated alkanes) is 2. The second-order valence-electron chi connectivity index (χ2n) is 16.2. The summed E-state index contributed by atoms with van der Waals surface area (Å²) in [6.07, 6.45) is 5.28. The van der Waals surface area contributed by atoms with Crippen LogP contribution in [0, 0.1) is 11.8 Å². The van der Waals surface area contributed by atoms with Gasteiger partial charge in [0.1, 0.15) is 12.1 Å². The molecular formula is C44H87N9O12. The van der Waals surface area contributed by atoms with Crippen molar-refractivity contribution in [3.05, 3.63) is 0 Å². The third-order valence-electron chi connectivity index (χ3n) is 9.85. The smallest absolute Gasteiger partial charge is 0.243 e. The van der Waals surface area contributed by atoms with Crippen LogP contribution in [0.4, 0.5) is 0 Å². The average molecular weight is 934 g/mol. The van der Waals surface area contributed by atoms with Gasteiger partial charge in [-0.2, -0.15) is 0 Å². The Bertz CT molecular complexity index is 1270. The van der Waals surface area contributed by atoms with Crippen molar-refractivity contribution in [2.45, 2.75) is 116 Å². The van der Waals surface area contributed by atoms with E-state index in [4.69, 9.17) is 45.6 Å². The molecule has 0 aliphatic heterocycles. The van der Waals surface area contributed by atoms with Gasteiger partial charge in [-0.05, 0) is 77.5 Å². The molecule has 0 saturated carbocycles. The summed E-state index contributed by atoms with van der Waals surface area (Å²) in [5.41, 5.74) is 17.0.